The van der Waals surface area contributed by atoms with Crippen molar-refractivity contribution in [3.8, 4) is 33.9 Å². The molecule has 14 heteroatoms. The smallest absolute Gasteiger partial charge is 1.00 e. The van der Waals surface area contributed by atoms with E-state index in [0.29, 0.717) is 34.2 Å². The molecule has 0 fully saturated rings. The Kier molecular flexibility index (Phi) is 15.2. The SMILES string of the molecule is Cc1ccc2c(c1)OCCOc1cc(-c3c4ccc(=[N+](C)C)cc-4oc4cc(N(C)C)ccc34)ccc1N(CC(=O)[O-])CCOCCN2CC(=O)[O-].[Cl-].[K+]. The molecule has 0 N–H and O–H groups in total. The summed E-state index contributed by atoms with van der Waals surface area (Å²) in [5, 5.41) is 25.6. The van der Waals surface area contributed by atoms with Crippen LogP contribution < -0.4 is 108 Å². The molecular formula is C40H43ClKN4O8-. The van der Waals surface area contributed by atoms with Crippen molar-refractivity contribution < 1.29 is 102 Å². The fourth-order valence-corrected chi connectivity index (χ4v) is 6.42. The zero-order chi connectivity index (χ0) is 36.9. The van der Waals surface area contributed by atoms with Crippen molar-refractivity contribution in [1.82, 2.24) is 4.58 Å². The number of fused-ring (bicyclic) bond motifs is 4. The van der Waals surface area contributed by atoms with Crippen LogP contribution in [-0.2, 0) is 14.3 Å². The molecule has 2 aliphatic heterocycles. The molecule has 6 rings (SSSR count). The number of nitrogens with zero attached hydrogens (tertiary/aromatic N) is 4. The Hall–Kier alpha value is -3.82. The van der Waals surface area contributed by atoms with E-state index in [4.69, 9.17) is 18.6 Å². The molecule has 3 aromatic rings. The molecule has 0 atom stereocenters. The van der Waals surface area contributed by atoms with E-state index < -0.39 is 18.5 Å². The van der Waals surface area contributed by atoms with E-state index in [1.807, 2.05) is 105 Å². The van der Waals surface area contributed by atoms with Crippen molar-refractivity contribution >= 4 is 40.0 Å². The molecule has 3 aromatic carbocycles. The van der Waals surface area contributed by atoms with Crippen LogP contribution in [0.2, 0.25) is 0 Å². The van der Waals surface area contributed by atoms with E-state index in [9.17, 15) is 19.8 Å². The maximum Gasteiger partial charge on any atom is 1.00 e. The first kappa shape index (κ1) is 42.9. The average molecular weight is 782 g/mol. The van der Waals surface area contributed by atoms with Crippen LogP contribution in [0.3, 0.4) is 0 Å². The predicted octanol–water partition coefficient (Wildman–Crippen LogP) is -3.78. The number of carboxylic acids is 2. The molecular weight excluding hydrogens is 739 g/mol. The number of hydrogen-bond donors (Lipinski definition) is 0. The zero-order valence-corrected chi connectivity index (χ0v) is 35.4. The molecule has 0 saturated carbocycles. The number of carbonyl (C=O) groups is 2. The second-order valence-electron chi connectivity index (χ2n) is 13.2. The van der Waals surface area contributed by atoms with Gasteiger partial charge in [-0.05, 0) is 60.5 Å². The van der Waals surface area contributed by atoms with Gasteiger partial charge in [-0.3, -0.25) is 0 Å². The molecule has 0 radical (unpaired) electrons. The first-order chi connectivity index (χ1) is 25.0. The summed E-state index contributed by atoms with van der Waals surface area (Å²) in [6.07, 6.45) is 0. The van der Waals surface area contributed by atoms with Crippen LogP contribution in [-0.4, -0.2) is 92.7 Å². The maximum atomic E-state index is 12.0. The largest absolute Gasteiger partial charge is 1.00 e. The Morgan fingerprint density at radius 3 is 1.98 bits per heavy atom. The van der Waals surface area contributed by atoms with Gasteiger partial charge in [0.15, 0.2) is 0 Å². The van der Waals surface area contributed by atoms with Crippen molar-refractivity contribution in [2.24, 2.45) is 0 Å². The summed E-state index contributed by atoms with van der Waals surface area (Å²) < 4.78 is 27.1. The predicted molar refractivity (Wildman–Crippen MR) is 197 cm³/mol. The number of aryl methyl sites for hydroxylation is 1. The van der Waals surface area contributed by atoms with Gasteiger partial charge in [-0.25, -0.2) is 4.58 Å². The van der Waals surface area contributed by atoms with Gasteiger partial charge in [-0.15, -0.1) is 0 Å². The van der Waals surface area contributed by atoms with Gasteiger partial charge in [0.1, 0.15) is 50.2 Å². The molecule has 0 unspecified atom stereocenters. The molecule has 0 saturated heterocycles. The Morgan fingerprint density at radius 2 is 1.39 bits per heavy atom. The van der Waals surface area contributed by atoms with E-state index in [1.54, 1.807) is 9.80 Å². The van der Waals surface area contributed by atoms with Gasteiger partial charge in [0.2, 0.25) is 5.36 Å². The van der Waals surface area contributed by atoms with Crippen molar-refractivity contribution in [2.45, 2.75) is 6.92 Å². The van der Waals surface area contributed by atoms with Crippen LogP contribution in [0.25, 0.3) is 33.4 Å². The molecule has 2 heterocycles. The molecule has 54 heavy (non-hydrogen) atoms. The fraction of sp³-hybridized carbons (Fsp3) is 0.325. The molecule has 3 aliphatic rings. The van der Waals surface area contributed by atoms with Crippen LogP contribution in [0.4, 0.5) is 17.1 Å². The molecule has 1 aliphatic carbocycles. The zero-order valence-electron chi connectivity index (χ0n) is 31.5. The molecule has 280 valence electrons. The second kappa shape index (κ2) is 19.2. The number of benzene rings is 4. The third kappa shape index (κ3) is 10.1. The number of rotatable bonds is 6. The van der Waals surface area contributed by atoms with Crippen molar-refractivity contribution in [1.29, 1.82) is 0 Å². The maximum absolute atomic E-state index is 12.0. The third-order valence-corrected chi connectivity index (χ3v) is 9.02. The van der Waals surface area contributed by atoms with E-state index in [2.05, 4.69) is 12.1 Å². The van der Waals surface area contributed by atoms with Crippen LogP contribution in [0.1, 0.15) is 5.56 Å². The third-order valence-electron chi connectivity index (χ3n) is 9.02. The summed E-state index contributed by atoms with van der Waals surface area (Å²) in [4.78, 5) is 29.0. The molecule has 0 spiro atoms. The number of ether oxygens (including phenoxy) is 3. The van der Waals surface area contributed by atoms with Gasteiger partial charge < -0.3 is 65.5 Å². The number of carboxylic acid groups (broad SMARTS) is 2. The van der Waals surface area contributed by atoms with Crippen molar-refractivity contribution in [3.63, 3.8) is 0 Å². The van der Waals surface area contributed by atoms with E-state index in [-0.39, 0.29) is 110 Å². The van der Waals surface area contributed by atoms with Crippen LogP contribution >= 0.6 is 0 Å². The number of halogens is 1. The molecule has 0 amide bonds. The van der Waals surface area contributed by atoms with Gasteiger partial charge in [-0.2, -0.15) is 0 Å². The Balaban J connectivity index is 0.00000325. The van der Waals surface area contributed by atoms with E-state index >= 15 is 0 Å². The van der Waals surface area contributed by atoms with Crippen LogP contribution in [0.15, 0.2) is 77.2 Å². The fourth-order valence-electron chi connectivity index (χ4n) is 6.42. The van der Waals surface area contributed by atoms with Crippen LogP contribution in [0, 0.1) is 6.92 Å². The minimum absolute atomic E-state index is 0. The van der Waals surface area contributed by atoms with Crippen molar-refractivity contribution in [2.75, 3.05) is 95.5 Å². The summed E-state index contributed by atoms with van der Waals surface area (Å²) in [6, 6.07) is 23.5. The van der Waals surface area contributed by atoms with Crippen LogP contribution in [0.5, 0.6) is 11.5 Å². The Bertz CT molecular complexity index is 2150. The number of aliphatic carboxylic acids is 2. The second-order valence-corrected chi connectivity index (χ2v) is 13.2. The molecule has 12 nitrogen and oxygen atoms in total. The van der Waals surface area contributed by atoms with Crippen molar-refractivity contribution in [3.05, 3.63) is 83.7 Å². The minimum Gasteiger partial charge on any atom is -1.00 e. The molecule has 0 bridgehead atoms. The van der Waals surface area contributed by atoms with Gasteiger partial charge in [0.25, 0.3) is 0 Å². The van der Waals surface area contributed by atoms with Gasteiger partial charge in [0, 0.05) is 61.5 Å². The normalized spacial score (nSPS) is 13.5. The summed E-state index contributed by atoms with van der Waals surface area (Å²) >= 11 is 0. The first-order valence-corrected chi connectivity index (χ1v) is 17.1. The standard InChI is InChI=1S/C40H44N4O8.ClH.K/c1-26-6-12-32-36(20-26)50-18-19-51-37-21-27(7-13-33(37)44(25-39(47)48)15-17-49-16-14-43(32)24-38(45)46)40-30-10-8-28(41(2)3)22-34(30)52-35-23-29(42(4)5)9-11-31(35)40;;/h6-13,20-23H,14-19,24-25H2,1-5H3,(H-,45,46,47,48);1H;/q;;+1/p-2. The summed E-state index contributed by atoms with van der Waals surface area (Å²) in [5.74, 6) is -0.808. The Labute approximate surface area is 363 Å². The number of anilines is 3. The molecule has 0 aromatic heterocycles. The summed E-state index contributed by atoms with van der Waals surface area (Å²) in [7, 11) is 7.93. The van der Waals surface area contributed by atoms with Gasteiger partial charge in [0.05, 0.1) is 55.7 Å². The quantitative estimate of drug-likeness (QED) is 0.0956. The monoisotopic (exact) mass is 781 g/mol. The van der Waals surface area contributed by atoms with E-state index in [1.165, 1.54) is 0 Å². The topological polar surface area (TPSA) is 134 Å². The Morgan fingerprint density at radius 1 is 0.778 bits per heavy atom. The van der Waals surface area contributed by atoms with Gasteiger partial charge >= 0.3 is 51.4 Å². The van der Waals surface area contributed by atoms with Gasteiger partial charge in [-0.1, -0.05) is 12.1 Å². The number of hydrogen-bond acceptors (Lipinski definition) is 11. The van der Waals surface area contributed by atoms with E-state index in [0.717, 1.165) is 38.7 Å². The number of carbonyl (C=O) groups excluding carboxylic acids is 2. The summed E-state index contributed by atoms with van der Waals surface area (Å²) in [5.41, 5.74) is 6.50. The summed E-state index contributed by atoms with van der Waals surface area (Å²) in [6.45, 7) is 2.25. The average Bonchev–Trinajstić information content (AvgIpc) is 3.10. The minimum atomic E-state index is -1.25. The first-order valence-electron chi connectivity index (χ1n) is 17.1.